The zero-order chi connectivity index (χ0) is 14.1. The summed E-state index contributed by atoms with van der Waals surface area (Å²) in [6.07, 6.45) is 4.83. The summed E-state index contributed by atoms with van der Waals surface area (Å²) in [6.45, 7) is 4.24. The van der Waals surface area contributed by atoms with E-state index in [4.69, 9.17) is 10.2 Å². The van der Waals surface area contributed by atoms with Gasteiger partial charge >= 0.3 is 0 Å². The Morgan fingerprint density at radius 3 is 2.90 bits per heavy atom. The van der Waals surface area contributed by atoms with E-state index in [0.29, 0.717) is 6.42 Å². The summed E-state index contributed by atoms with van der Waals surface area (Å²) in [5.74, 6) is 0. The molecule has 0 aliphatic heterocycles. The fourth-order valence-electron chi connectivity index (χ4n) is 2.51. The molecule has 3 rings (SSSR count). The highest BCUT2D eigenvalue weighted by molar-refractivity contribution is 7.17. The standard InChI is InChI=1S/C15H14N4S/c1-3-12-10(2)20-15-18-14(11-5-4-8-17-9-11)13(6-7-16)19(12)15/h4-5,8-9H,3,6H2,1-2H3. The third-order valence-corrected chi connectivity index (χ3v) is 4.38. The lowest BCUT2D eigenvalue weighted by atomic mass is 10.1. The van der Waals surface area contributed by atoms with Gasteiger partial charge < -0.3 is 0 Å². The fourth-order valence-corrected chi connectivity index (χ4v) is 3.59. The molecule has 3 heterocycles. The summed E-state index contributed by atoms with van der Waals surface area (Å²) in [5, 5.41) is 9.14. The first kappa shape index (κ1) is 12.8. The zero-order valence-electron chi connectivity index (χ0n) is 11.4. The molecule has 0 amide bonds. The Labute approximate surface area is 121 Å². The van der Waals surface area contributed by atoms with Gasteiger partial charge in [-0.2, -0.15) is 5.26 Å². The van der Waals surface area contributed by atoms with Crippen molar-refractivity contribution in [3.8, 4) is 17.3 Å². The number of pyridine rings is 1. The highest BCUT2D eigenvalue weighted by Gasteiger charge is 2.19. The molecule has 0 saturated heterocycles. The van der Waals surface area contributed by atoms with Crippen LogP contribution in [0.3, 0.4) is 0 Å². The van der Waals surface area contributed by atoms with Gasteiger partial charge in [-0.15, -0.1) is 11.3 Å². The van der Waals surface area contributed by atoms with Crippen LogP contribution in [0.1, 0.15) is 23.2 Å². The van der Waals surface area contributed by atoms with Crippen molar-refractivity contribution in [3.63, 3.8) is 0 Å². The Morgan fingerprint density at radius 1 is 1.40 bits per heavy atom. The summed E-state index contributed by atoms with van der Waals surface area (Å²) >= 11 is 1.68. The third-order valence-electron chi connectivity index (χ3n) is 3.38. The maximum absolute atomic E-state index is 9.14. The van der Waals surface area contributed by atoms with Crippen molar-refractivity contribution >= 4 is 16.3 Å². The fraction of sp³-hybridized carbons (Fsp3) is 0.267. The summed E-state index contributed by atoms with van der Waals surface area (Å²) in [4.78, 5) is 11.1. The van der Waals surface area contributed by atoms with Gasteiger partial charge in [-0.25, -0.2) is 4.98 Å². The van der Waals surface area contributed by atoms with Gasteiger partial charge in [-0.05, 0) is 25.5 Å². The molecule has 4 nitrogen and oxygen atoms in total. The normalized spacial score (nSPS) is 10.8. The lowest BCUT2D eigenvalue weighted by Gasteiger charge is -2.03. The second-order valence-electron chi connectivity index (χ2n) is 4.56. The smallest absolute Gasteiger partial charge is 0.194 e. The lowest BCUT2D eigenvalue weighted by Crippen LogP contribution is -1.98. The number of nitrogens with zero attached hydrogens (tertiary/aromatic N) is 4. The third kappa shape index (κ3) is 1.89. The van der Waals surface area contributed by atoms with E-state index in [9.17, 15) is 0 Å². The Hall–Kier alpha value is -2.19. The van der Waals surface area contributed by atoms with Gasteiger partial charge in [0.2, 0.25) is 0 Å². The van der Waals surface area contributed by atoms with Crippen LogP contribution in [0.5, 0.6) is 0 Å². The average molecular weight is 282 g/mol. The molecular formula is C15H14N4S. The molecule has 0 aliphatic rings. The van der Waals surface area contributed by atoms with Gasteiger partial charge in [0.25, 0.3) is 0 Å². The van der Waals surface area contributed by atoms with Crippen molar-refractivity contribution in [3.05, 3.63) is 40.8 Å². The van der Waals surface area contributed by atoms with Crippen molar-refractivity contribution in [1.29, 1.82) is 5.26 Å². The number of aryl methyl sites for hydroxylation is 2. The second kappa shape index (κ2) is 5.06. The van der Waals surface area contributed by atoms with Crippen molar-refractivity contribution in [1.82, 2.24) is 14.4 Å². The van der Waals surface area contributed by atoms with E-state index in [1.165, 1.54) is 10.6 Å². The Kier molecular flexibility index (Phi) is 3.25. The largest absolute Gasteiger partial charge is 0.290 e. The van der Waals surface area contributed by atoms with E-state index in [1.54, 1.807) is 23.7 Å². The molecule has 0 spiro atoms. The maximum Gasteiger partial charge on any atom is 0.194 e. The first-order valence-electron chi connectivity index (χ1n) is 6.53. The number of fused-ring (bicyclic) bond motifs is 1. The minimum Gasteiger partial charge on any atom is -0.290 e. The maximum atomic E-state index is 9.14. The Balaban J connectivity index is 2.31. The highest BCUT2D eigenvalue weighted by atomic mass is 32.1. The molecule has 0 radical (unpaired) electrons. The minimum atomic E-state index is 0.356. The molecule has 0 fully saturated rings. The molecule has 0 unspecified atom stereocenters. The van der Waals surface area contributed by atoms with E-state index in [0.717, 1.165) is 28.3 Å². The van der Waals surface area contributed by atoms with E-state index in [-0.39, 0.29) is 0 Å². The molecule has 0 saturated carbocycles. The molecule has 0 aliphatic carbocycles. The van der Waals surface area contributed by atoms with Gasteiger partial charge in [0, 0.05) is 28.5 Å². The summed E-state index contributed by atoms with van der Waals surface area (Å²) < 4.78 is 2.14. The van der Waals surface area contributed by atoms with Crippen LogP contribution in [0.15, 0.2) is 24.5 Å². The van der Waals surface area contributed by atoms with Crippen LogP contribution < -0.4 is 0 Å². The van der Waals surface area contributed by atoms with Crippen LogP contribution in [0.2, 0.25) is 0 Å². The Morgan fingerprint density at radius 2 is 2.25 bits per heavy atom. The van der Waals surface area contributed by atoms with Crippen molar-refractivity contribution in [2.24, 2.45) is 0 Å². The van der Waals surface area contributed by atoms with Gasteiger partial charge in [0.1, 0.15) is 0 Å². The molecule has 0 N–H and O–H groups in total. The molecule has 3 aromatic rings. The average Bonchev–Trinajstić information content (AvgIpc) is 2.96. The number of hydrogen-bond acceptors (Lipinski definition) is 4. The van der Waals surface area contributed by atoms with Gasteiger partial charge in [0.15, 0.2) is 4.96 Å². The number of rotatable bonds is 3. The van der Waals surface area contributed by atoms with E-state index < -0.39 is 0 Å². The molecular weight excluding hydrogens is 268 g/mol. The van der Waals surface area contributed by atoms with Crippen LogP contribution in [-0.4, -0.2) is 14.4 Å². The number of thiazole rings is 1. The van der Waals surface area contributed by atoms with Gasteiger partial charge in [0.05, 0.1) is 23.9 Å². The van der Waals surface area contributed by atoms with E-state index in [2.05, 4.69) is 29.3 Å². The SMILES string of the molecule is CCc1c(C)sc2nc(-c3cccnc3)c(CC#N)n12. The lowest BCUT2D eigenvalue weighted by molar-refractivity contribution is 0.942. The number of imidazole rings is 1. The summed E-state index contributed by atoms with van der Waals surface area (Å²) in [6, 6.07) is 6.14. The van der Waals surface area contributed by atoms with Crippen LogP contribution in [0.25, 0.3) is 16.2 Å². The van der Waals surface area contributed by atoms with E-state index in [1.807, 2.05) is 12.1 Å². The first-order valence-corrected chi connectivity index (χ1v) is 7.34. The summed E-state index contributed by atoms with van der Waals surface area (Å²) in [5.41, 5.74) is 4.06. The molecule has 20 heavy (non-hydrogen) atoms. The van der Waals surface area contributed by atoms with Crippen LogP contribution in [0, 0.1) is 18.3 Å². The predicted molar refractivity (Wildman–Crippen MR) is 79.7 cm³/mol. The molecule has 0 aromatic carbocycles. The van der Waals surface area contributed by atoms with Crippen LogP contribution in [-0.2, 0) is 12.8 Å². The first-order chi connectivity index (χ1) is 9.76. The molecule has 0 atom stereocenters. The minimum absolute atomic E-state index is 0.356. The topological polar surface area (TPSA) is 54.0 Å². The van der Waals surface area contributed by atoms with Crippen LogP contribution >= 0.6 is 11.3 Å². The van der Waals surface area contributed by atoms with Gasteiger partial charge in [-0.3, -0.25) is 9.38 Å². The number of hydrogen-bond donors (Lipinski definition) is 0. The van der Waals surface area contributed by atoms with E-state index >= 15 is 0 Å². The Bertz CT molecular complexity index is 793. The molecule has 3 aromatic heterocycles. The monoisotopic (exact) mass is 282 g/mol. The molecule has 100 valence electrons. The van der Waals surface area contributed by atoms with Crippen molar-refractivity contribution in [2.75, 3.05) is 0 Å². The zero-order valence-corrected chi connectivity index (χ0v) is 12.2. The van der Waals surface area contributed by atoms with Crippen LogP contribution in [0.4, 0.5) is 0 Å². The highest BCUT2D eigenvalue weighted by Crippen LogP contribution is 2.31. The van der Waals surface area contributed by atoms with Crippen molar-refractivity contribution < 1.29 is 0 Å². The second-order valence-corrected chi connectivity index (χ2v) is 5.74. The number of nitriles is 1. The van der Waals surface area contributed by atoms with Crippen molar-refractivity contribution in [2.45, 2.75) is 26.7 Å². The number of aromatic nitrogens is 3. The quantitative estimate of drug-likeness (QED) is 0.740. The predicted octanol–water partition coefficient (Wildman–Crippen LogP) is 3.39. The molecule has 5 heteroatoms. The van der Waals surface area contributed by atoms with Gasteiger partial charge in [-0.1, -0.05) is 6.92 Å². The molecule has 0 bridgehead atoms. The summed E-state index contributed by atoms with van der Waals surface area (Å²) in [7, 11) is 0.